The molecule has 2 N–H and O–H groups in total. The van der Waals surface area contributed by atoms with E-state index in [1.54, 1.807) is 13.0 Å². The lowest BCUT2D eigenvalue weighted by molar-refractivity contribution is 0.0695. The quantitative estimate of drug-likeness (QED) is 0.904. The molecule has 6 heteroatoms. The van der Waals surface area contributed by atoms with Crippen molar-refractivity contribution in [2.24, 2.45) is 0 Å². The number of amides is 1. The summed E-state index contributed by atoms with van der Waals surface area (Å²) in [6.45, 7) is 7.43. The van der Waals surface area contributed by atoms with Gasteiger partial charge in [0.25, 0.3) is 5.91 Å². The monoisotopic (exact) mass is 313 g/mol. The lowest BCUT2D eigenvalue weighted by atomic mass is 10.0. The summed E-state index contributed by atoms with van der Waals surface area (Å²) in [6.07, 6.45) is 2.88. The Morgan fingerprint density at radius 2 is 1.83 bits per heavy atom. The molecular weight excluding hydrogens is 294 g/mol. The number of aryl methyl sites for hydroxylation is 2. The Hall–Kier alpha value is -2.76. The fraction of sp³-hybridized carbons (Fsp3) is 0.294. The van der Waals surface area contributed by atoms with Gasteiger partial charge in [-0.15, -0.1) is 0 Å². The fourth-order valence-electron chi connectivity index (χ4n) is 2.38. The Morgan fingerprint density at radius 1 is 1.13 bits per heavy atom. The van der Waals surface area contributed by atoms with E-state index in [0.717, 1.165) is 5.56 Å². The summed E-state index contributed by atoms with van der Waals surface area (Å²) in [5.74, 6) is -1.30. The van der Waals surface area contributed by atoms with Crippen molar-refractivity contribution in [2.45, 2.75) is 33.6 Å². The van der Waals surface area contributed by atoms with Crippen LogP contribution in [0.2, 0.25) is 0 Å². The molecule has 0 bridgehead atoms. The summed E-state index contributed by atoms with van der Waals surface area (Å²) < 4.78 is 0. The molecule has 1 amide bonds. The van der Waals surface area contributed by atoms with E-state index in [4.69, 9.17) is 0 Å². The highest BCUT2D eigenvalue weighted by atomic mass is 16.4. The van der Waals surface area contributed by atoms with Gasteiger partial charge in [-0.3, -0.25) is 4.79 Å². The zero-order valence-corrected chi connectivity index (χ0v) is 13.5. The van der Waals surface area contributed by atoms with Gasteiger partial charge in [0.15, 0.2) is 0 Å². The second-order valence-corrected chi connectivity index (χ2v) is 5.72. The maximum atomic E-state index is 12.5. The van der Waals surface area contributed by atoms with Crippen LogP contribution in [0.4, 0.5) is 5.69 Å². The number of hydrogen-bond acceptors (Lipinski definition) is 4. The van der Waals surface area contributed by atoms with Crippen molar-refractivity contribution in [3.05, 3.63) is 52.6 Å². The van der Waals surface area contributed by atoms with Crippen molar-refractivity contribution >= 4 is 17.6 Å². The number of benzene rings is 1. The van der Waals surface area contributed by atoms with Crippen LogP contribution in [0, 0.1) is 13.8 Å². The van der Waals surface area contributed by atoms with Crippen molar-refractivity contribution in [1.82, 2.24) is 9.97 Å². The van der Waals surface area contributed by atoms with Gasteiger partial charge in [-0.25, -0.2) is 14.8 Å². The van der Waals surface area contributed by atoms with Gasteiger partial charge >= 0.3 is 5.97 Å². The number of aromatic carboxylic acids is 1. The normalized spacial score (nSPS) is 10.7. The highest BCUT2D eigenvalue weighted by Gasteiger charge is 2.17. The van der Waals surface area contributed by atoms with Gasteiger partial charge in [-0.05, 0) is 37.0 Å². The van der Waals surface area contributed by atoms with E-state index < -0.39 is 5.97 Å². The summed E-state index contributed by atoms with van der Waals surface area (Å²) in [5, 5.41) is 12.0. The molecule has 0 atom stereocenters. The molecule has 0 saturated carbocycles. The molecule has 0 saturated heterocycles. The Morgan fingerprint density at radius 3 is 2.43 bits per heavy atom. The van der Waals surface area contributed by atoms with E-state index in [1.165, 1.54) is 18.6 Å². The molecule has 1 aromatic carbocycles. The van der Waals surface area contributed by atoms with E-state index in [2.05, 4.69) is 15.3 Å². The standard InChI is InChI=1S/C17H19N3O3/c1-9(2)15-13(7-18-8-19-15)16(21)20-14-6-12(17(22)23)10(3)5-11(14)4/h5-9H,1-4H3,(H,20,21)(H,22,23). The smallest absolute Gasteiger partial charge is 0.336 e. The third-order valence-electron chi connectivity index (χ3n) is 3.58. The number of rotatable bonds is 4. The van der Waals surface area contributed by atoms with Gasteiger partial charge in [0.2, 0.25) is 0 Å². The number of nitrogens with one attached hydrogen (secondary N) is 1. The number of anilines is 1. The Bertz CT molecular complexity index is 770. The van der Waals surface area contributed by atoms with Crippen LogP contribution in [0.15, 0.2) is 24.7 Å². The zero-order valence-electron chi connectivity index (χ0n) is 13.5. The SMILES string of the molecule is Cc1cc(C)c(C(=O)O)cc1NC(=O)c1cncnc1C(C)C. The molecule has 1 aromatic heterocycles. The molecule has 1 heterocycles. The summed E-state index contributed by atoms with van der Waals surface area (Å²) >= 11 is 0. The van der Waals surface area contributed by atoms with Crippen molar-refractivity contribution in [3.63, 3.8) is 0 Å². The van der Waals surface area contributed by atoms with Crippen molar-refractivity contribution in [3.8, 4) is 0 Å². The third kappa shape index (κ3) is 3.53. The lowest BCUT2D eigenvalue weighted by Crippen LogP contribution is -2.17. The second kappa shape index (κ2) is 6.56. The Balaban J connectivity index is 2.38. The van der Waals surface area contributed by atoms with E-state index in [0.29, 0.717) is 22.5 Å². The molecule has 0 fully saturated rings. The Labute approximate surface area is 134 Å². The molecule has 0 aliphatic rings. The number of hydrogen-bond donors (Lipinski definition) is 2. The van der Waals surface area contributed by atoms with Crippen LogP contribution in [0.3, 0.4) is 0 Å². The molecule has 0 aliphatic carbocycles. The van der Waals surface area contributed by atoms with Crippen LogP contribution in [0.5, 0.6) is 0 Å². The van der Waals surface area contributed by atoms with Gasteiger partial charge in [-0.2, -0.15) is 0 Å². The highest BCUT2D eigenvalue weighted by molar-refractivity contribution is 6.06. The molecule has 23 heavy (non-hydrogen) atoms. The lowest BCUT2D eigenvalue weighted by Gasteiger charge is -2.14. The first-order valence-electron chi connectivity index (χ1n) is 7.27. The van der Waals surface area contributed by atoms with E-state index >= 15 is 0 Å². The Kier molecular flexibility index (Phi) is 4.74. The van der Waals surface area contributed by atoms with Crippen LogP contribution >= 0.6 is 0 Å². The molecule has 6 nitrogen and oxygen atoms in total. The topological polar surface area (TPSA) is 92.2 Å². The molecule has 0 unspecified atom stereocenters. The van der Waals surface area contributed by atoms with Gasteiger partial charge in [0.1, 0.15) is 6.33 Å². The predicted octanol–water partition coefficient (Wildman–Crippen LogP) is 3.17. The second-order valence-electron chi connectivity index (χ2n) is 5.72. The van der Waals surface area contributed by atoms with Gasteiger partial charge in [0, 0.05) is 11.9 Å². The highest BCUT2D eigenvalue weighted by Crippen LogP contribution is 2.23. The van der Waals surface area contributed by atoms with E-state index in [1.807, 2.05) is 20.8 Å². The number of carboxylic acid groups (broad SMARTS) is 1. The summed E-state index contributed by atoms with van der Waals surface area (Å²) in [4.78, 5) is 31.8. The molecule has 120 valence electrons. The molecule has 0 aliphatic heterocycles. The summed E-state index contributed by atoms with van der Waals surface area (Å²) in [5.41, 5.74) is 3.12. The van der Waals surface area contributed by atoms with Crippen molar-refractivity contribution in [1.29, 1.82) is 0 Å². The van der Waals surface area contributed by atoms with E-state index in [9.17, 15) is 14.7 Å². The molecule has 0 radical (unpaired) electrons. The first kappa shape index (κ1) is 16.6. The predicted molar refractivity (Wildman–Crippen MR) is 86.9 cm³/mol. The van der Waals surface area contributed by atoms with Crippen LogP contribution in [0.1, 0.15) is 57.3 Å². The zero-order chi connectivity index (χ0) is 17.1. The van der Waals surface area contributed by atoms with Crippen LogP contribution in [-0.4, -0.2) is 27.0 Å². The number of carbonyl (C=O) groups excluding carboxylic acids is 1. The summed E-state index contributed by atoms with van der Waals surface area (Å²) in [6, 6.07) is 3.22. The van der Waals surface area contributed by atoms with E-state index in [-0.39, 0.29) is 17.4 Å². The largest absolute Gasteiger partial charge is 0.478 e. The first-order valence-corrected chi connectivity index (χ1v) is 7.27. The average molecular weight is 313 g/mol. The number of aromatic nitrogens is 2. The molecule has 0 spiro atoms. The van der Waals surface area contributed by atoms with Gasteiger partial charge < -0.3 is 10.4 Å². The minimum absolute atomic E-state index is 0.0763. The summed E-state index contributed by atoms with van der Waals surface area (Å²) in [7, 11) is 0. The maximum absolute atomic E-state index is 12.5. The molecule has 2 aromatic rings. The first-order chi connectivity index (χ1) is 10.8. The fourth-order valence-corrected chi connectivity index (χ4v) is 2.38. The molecule has 2 rings (SSSR count). The van der Waals surface area contributed by atoms with Gasteiger partial charge in [0.05, 0.1) is 16.8 Å². The maximum Gasteiger partial charge on any atom is 0.336 e. The number of carbonyl (C=O) groups is 2. The van der Waals surface area contributed by atoms with Gasteiger partial charge in [-0.1, -0.05) is 19.9 Å². The van der Waals surface area contributed by atoms with Crippen LogP contribution in [0.25, 0.3) is 0 Å². The third-order valence-corrected chi connectivity index (χ3v) is 3.58. The van der Waals surface area contributed by atoms with Crippen LogP contribution in [-0.2, 0) is 0 Å². The van der Waals surface area contributed by atoms with Crippen LogP contribution < -0.4 is 5.32 Å². The minimum atomic E-state index is -1.02. The average Bonchev–Trinajstić information content (AvgIpc) is 2.49. The minimum Gasteiger partial charge on any atom is -0.478 e. The van der Waals surface area contributed by atoms with Crippen molar-refractivity contribution < 1.29 is 14.7 Å². The number of nitrogens with zero attached hydrogens (tertiary/aromatic N) is 2. The molecular formula is C17H19N3O3. The number of carboxylic acids is 1. The van der Waals surface area contributed by atoms with Crippen molar-refractivity contribution in [2.75, 3.05) is 5.32 Å².